The maximum absolute atomic E-state index is 5.37. The molecule has 0 amide bonds. The highest BCUT2D eigenvalue weighted by Crippen LogP contribution is 2.16. The minimum Gasteiger partial charge on any atom is -0.308 e. The van der Waals surface area contributed by atoms with Crippen LogP contribution in [0.4, 0.5) is 5.82 Å². The summed E-state index contributed by atoms with van der Waals surface area (Å²) in [5.74, 6) is 6.09. The van der Waals surface area contributed by atoms with E-state index in [4.69, 9.17) is 5.84 Å². The molecule has 18 heavy (non-hydrogen) atoms. The monoisotopic (exact) mass is 249 g/mol. The third-order valence-electron chi connectivity index (χ3n) is 3.62. The number of nitrogens with two attached hydrogens (primary N) is 1. The van der Waals surface area contributed by atoms with Gasteiger partial charge in [0, 0.05) is 25.3 Å². The van der Waals surface area contributed by atoms with Crippen molar-refractivity contribution in [3.8, 4) is 0 Å². The van der Waals surface area contributed by atoms with Crippen LogP contribution in [0.5, 0.6) is 0 Å². The van der Waals surface area contributed by atoms with Gasteiger partial charge in [-0.2, -0.15) is 0 Å². The highest BCUT2D eigenvalue weighted by Gasteiger charge is 2.21. The van der Waals surface area contributed by atoms with Gasteiger partial charge in [0.1, 0.15) is 5.82 Å². The number of nitrogen functional groups attached to an aromatic ring is 1. The van der Waals surface area contributed by atoms with Gasteiger partial charge in [0.25, 0.3) is 0 Å². The molecule has 1 aromatic rings. The van der Waals surface area contributed by atoms with Crippen molar-refractivity contribution in [1.29, 1.82) is 0 Å². The van der Waals surface area contributed by atoms with E-state index < -0.39 is 0 Å². The maximum Gasteiger partial charge on any atom is 0.140 e. The van der Waals surface area contributed by atoms with Crippen LogP contribution < -0.4 is 11.3 Å². The van der Waals surface area contributed by atoms with Gasteiger partial charge < -0.3 is 15.2 Å². The summed E-state index contributed by atoms with van der Waals surface area (Å²) >= 11 is 0. The third kappa shape index (κ3) is 3.41. The lowest BCUT2D eigenvalue weighted by molar-refractivity contribution is 0.215. The first kappa shape index (κ1) is 13.3. The fourth-order valence-corrected chi connectivity index (χ4v) is 2.60. The Morgan fingerprint density at radius 2 is 2.44 bits per heavy atom. The molecule has 1 atom stereocenters. The van der Waals surface area contributed by atoms with E-state index in [0.717, 1.165) is 18.9 Å². The van der Waals surface area contributed by atoms with Crippen LogP contribution in [-0.2, 0) is 6.54 Å². The van der Waals surface area contributed by atoms with E-state index in [1.807, 2.05) is 12.1 Å². The van der Waals surface area contributed by atoms with Crippen LogP contribution in [0, 0.1) is 0 Å². The Balaban J connectivity index is 1.88. The summed E-state index contributed by atoms with van der Waals surface area (Å²) in [6.45, 7) is 3.28. The number of likely N-dealkylation sites (N-methyl/N-ethyl adjacent to an activating group) is 2. The predicted molar refractivity (Wildman–Crippen MR) is 74.0 cm³/mol. The molecule has 0 radical (unpaired) electrons. The van der Waals surface area contributed by atoms with Crippen molar-refractivity contribution in [2.24, 2.45) is 5.84 Å². The van der Waals surface area contributed by atoms with E-state index in [1.165, 1.54) is 24.9 Å². The SMILES string of the molecule is CN(Cc1ccnc(NN)c1)CC1CCCN1C. The summed E-state index contributed by atoms with van der Waals surface area (Å²) in [4.78, 5) is 8.94. The van der Waals surface area contributed by atoms with Gasteiger partial charge in [-0.25, -0.2) is 10.8 Å². The second-order valence-electron chi connectivity index (χ2n) is 5.17. The highest BCUT2D eigenvalue weighted by atomic mass is 15.2. The molecule has 0 bridgehead atoms. The number of rotatable bonds is 5. The lowest BCUT2D eigenvalue weighted by Crippen LogP contribution is -2.36. The minimum atomic E-state index is 0.698. The molecule has 1 unspecified atom stereocenters. The van der Waals surface area contributed by atoms with E-state index in [2.05, 4.69) is 34.3 Å². The number of hydrogen-bond donors (Lipinski definition) is 2. The Labute approximate surface area is 109 Å². The van der Waals surface area contributed by atoms with Crippen molar-refractivity contribution in [3.63, 3.8) is 0 Å². The zero-order valence-corrected chi connectivity index (χ0v) is 11.3. The molecule has 1 aliphatic rings. The lowest BCUT2D eigenvalue weighted by atomic mass is 10.2. The van der Waals surface area contributed by atoms with Crippen LogP contribution in [0.3, 0.4) is 0 Å². The van der Waals surface area contributed by atoms with Gasteiger partial charge in [0.2, 0.25) is 0 Å². The quantitative estimate of drug-likeness (QED) is 0.599. The predicted octanol–water partition coefficient (Wildman–Crippen LogP) is 0.893. The first-order valence-corrected chi connectivity index (χ1v) is 6.49. The van der Waals surface area contributed by atoms with Crippen molar-refractivity contribution in [2.45, 2.75) is 25.4 Å². The number of pyridine rings is 1. The average molecular weight is 249 g/mol. The number of nitrogens with zero attached hydrogens (tertiary/aromatic N) is 3. The van der Waals surface area contributed by atoms with Crippen LogP contribution in [-0.4, -0.2) is 48.0 Å². The molecular formula is C13H23N5. The molecule has 1 aliphatic heterocycles. The molecule has 2 heterocycles. The zero-order valence-electron chi connectivity index (χ0n) is 11.3. The fourth-order valence-electron chi connectivity index (χ4n) is 2.60. The van der Waals surface area contributed by atoms with Crippen LogP contribution in [0.25, 0.3) is 0 Å². The second-order valence-corrected chi connectivity index (χ2v) is 5.17. The van der Waals surface area contributed by atoms with Gasteiger partial charge in [-0.1, -0.05) is 0 Å². The first-order valence-electron chi connectivity index (χ1n) is 6.49. The average Bonchev–Trinajstić information content (AvgIpc) is 2.75. The Bertz CT molecular complexity index is 381. The molecule has 0 aliphatic carbocycles. The molecule has 3 N–H and O–H groups in total. The third-order valence-corrected chi connectivity index (χ3v) is 3.62. The van der Waals surface area contributed by atoms with Gasteiger partial charge >= 0.3 is 0 Å². The summed E-state index contributed by atoms with van der Waals surface area (Å²) < 4.78 is 0. The molecule has 1 saturated heterocycles. The van der Waals surface area contributed by atoms with Crippen LogP contribution in [0.1, 0.15) is 18.4 Å². The van der Waals surface area contributed by atoms with E-state index in [-0.39, 0.29) is 0 Å². The lowest BCUT2D eigenvalue weighted by Gasteiger charge is -2.25. The zero-order chi connectivity index (χ0) is 13.0. The van der Waals surface area contributed by atoms with Crippen LogP contribution in [0.2, 0.25) is 0 Å². The van der Waals surface area contributed by atoms with Crippen molar-refractivity contribution in [1.82, 2.24) is 14.8 Å². The number of likely N-dealkylation sites (tertiary alicyclic amines) is 1. The van der Waals surface area contributed by atoms with Gasteiger partial charge in [0.15, 0.2) is 0 Å². The first-order chi connectivity index (χ1) is 8.69. The Kier molecular flexibility index (Phi) is 4.52. The molecular weight excluding hydrogens is 226 g/mol. The van der Waals surface area contributed by atoms with Crippen molar-refractivity contribution >= 4 is 5.82 Å². The van der Waals surface area contributed by atoms with Crippen LogP contribution in [0.15, 0.2) is 18.3 Å². The molecule has 1 aromatic heterocycles. The van der Waals surface area contributed by atoms with Crippen molar-refractivity contribution in [3.05, 3.63) is 23.9 Å². The summed E-state index contributed by atoms with van der Waals surface area (Å²) in [5, 5.41) is 0. The van der Waals surface area contributed by atoms with E-state index in [1.54, 1.807) is 6.20 Å². The molecule has 100 valence electrons. The smallest absolute Gasteiger partial charge is 0.140 e. The standard InChI is InChI=1S/C13H23N5/c1-17(10-12-4-3-7-18(12)2)9-11-5-6-15-13(8-11)16-14/h5-6,8,12H,3-4,7,9-10,14H2,1-2H3,(H,15,16). The Morgan fingerprint density at radius 3 is 3.11 bits per heavy atom. The second kappa shape index (κ2) is 6.13. The van der Waals surface area contributed by atoms with Gasteiger partial charge in [-0.15, -0.1) is 0 Å². The normalized spacial score (nSPS) is 20.6. The largest absolute Gasteiger partial charge is 0.308 e. The summed E-state index contributed by atoms with van der Waals surface area (Å²) in [6.07, 6.45) is 4.43. The number of anilines is 1. The summed E-state index contributed by atoms with van der Waals surface area (Å²) in [7, 11) is 4.39. The molecule has 1 fully saturated rings. The topological polar surface area (TPSA) is 57.4 Å². The summed E-state index contributed by atoms with van der Waals surface area (Å²) in [6, 6.07) is 4.73. The number of hydrogen-bond acceptors (Lipinski definition) is 5. The highest BCUT2D eigenvalue weighted by molar-refractivity contribution is 5.35. The van der Waals surface area contributed by atoms with Gasteiger partial charge in [-0.3, -0.25) is 0 Å². The fraction of sp³-hybridized carbons (Fsp3) is 0.615. The van der Waals surface area contributed by atoms with Gasteiger partial charge in [-0.05, 0) is 51.2 Å². The van der Waals surface area contributed by atoms with E-state index >= 15 is 0 Å². The maximum atomic E-state index is 5.37. The van der Waals surface area contributed by atoms with Crippen molar-refractivity contribution < 1.29 is 0 Å². The molecule has 0 aromatic carbocycles. The van der Waals surface area contributed by atoms with Gasteiger partial charge in [0.05, 0.1) is 0 Å². The Hall–Kier alpha value is -1.17. The van der Waals surface area contributed by atoms with Crippen LogP contribution >= 0.6 is 0 Å². The van der Waals surface area contributed by atoms with E-state index in [0.29, 0.717) is 6.04 Å². The molecule has 2 rings (SSSR count). The Morgan fingerprint density at radius 1 is 1.61 bits per heavy atom. The minimum absolute atomic E-state index is 0.698. The van der Waals surface area contributed by atoms with Crippen molar-refractivity contribution in [2.75, 3.05) is 32.6 Å². The number of aromatic nitrogens is 1. The number of hydrazine groups is 1. The molecule has 0 saturated carbocycles. The number of nitrogens with one attached hydrogen (secondary N) is 1. The molecule has 0 spiro atoms. The summed E-state index contributed by atoms with van der Waals surface area (Å²) in [5.41, 5.74) is 3.82. The molecule has 5 nitrogen and oxygen atoms in total. The molecule has 5 heteroatoms. The van der Waals surface area contributed by atoms with E-state index in [9.17, 15) is 0 Å².